The van der Waals surface area contributed by atoms with Crippen molar-refractivity contribution in [2.24, 2.45) is 0 Å². The second kappa shape index (κ2) is 7.40. The maximum atomic E-state index is 12.7. The number of benzene rings is 2. The summed E-state index contributed by atoms with van der Waals surface area (Å²) in [5.41, 5.74) is 0.753. The van der Waals surface area contributed by atoms with Gasteiger partial charge < -0.3 is 15.0 Å². The Labute approximate surface area is 157 Å². The first-order valence-corrected chi connectivity index (χ1v) is 9.94. The molecule has 27 heavy (non-hydrogen) atoms. The summed E-state index contributed by atoms with van der Waals surface area (Å²) in [7, 11) is -2.11. The Bertz CT molecular complexity index is 987. The summed E-state index contributed by atoms with van der Waals surface area (Å²) in [5, 5.41) is 1.86. The number of rotatable bonds is 4. The van der Waals surface area contributed by atoms with Gasteiger partial charge in [0.1, 0.15) is 12.3 Å². The highest BCUT2D eigenvalue weighted by molar-refractivity contribution is 7.92. The molecule has 1 unspecified atom stereocenters. The number of methoxy groups -OCH3 is 1. The molecule has 1 aliphatic rings. The van der Waals surface area contributed by atoms with Crippen LogP contribution in [0.25, 0.3) is 0 Å². The van der Waals surface area contributed by atoms with Crippen molar-refractivity contribution in [1.82, 2.24) is 0 Å². The predicted octanol–water partition coefficient (Wildman–Crippen LogP) is 2.23. The third-order valence-corrected chi connectivity index (χ3v) is 6.60. The average molecular weight is 388 g/mol. The molecule has 1 atom stereocenters. The molecule has 142 valence electrons. The topological polar surface area (TPSA) is 92.8 Å². The lowest BCUT2D eigenvalue weighted by Gasteiger charge is -2.22. The number of amides is 2. The van der Waals surface area contributed by atoms with E-state index in [1.807, 2.05) is 0 Å². The largest absolute Gasteiger partial charge is 0.497 e. The van der Waals surface area contributed by atoms with Crippen LogP contribution in [0.5, 0.6) is 5.75 Å². The highest BCUT2D eigenvalue weighted by Crippen LogP contribution is 2.33. The molecule has 2 amide bonds. The van der Waals surface area contributed by atoms with Crippen molar-refractivity contribution in [3.63, 3.8) is 0 Å². The van der Waals surface area contributed by atoms with E-state index in [1.54, 1.807) is 42.5 Å². The van der Waals surface area contributed by atoms with Crippen molar-refractivity contribution < 1.29 is 22.7 Å². The first kappa shape index (κ1) is 18.9. The average Bonchev–Trinajstić information content (AvgIpc) is 2.71. The highest BCUT2D eigenvalue weighted by atomic mass is 32.2. The molecule has 1 heterocycles. The second-order valence-electron chi connectivity index (χ2n) is 6.29. The summed E-state index contributed by atoms with van der Waals surface area (Å²) in [4.78, 5) is 26.4. The molecule has 0 spiro atoms. The number of nitrogens with zero attached hydrogens (tertiary/aromatic N) is 1. The summed E-state index contributed by atoms with van der Waals surface area (Å²) < 4.78 is 30.5. The van der Waals surface area contributed by atoms with E-state index in [0.29, 0.717) is 11.4 Å². The molecule has 7 nitrogen and oxygen atoms in total. The molecule has 3 rings (SSSR count). The minimum atomic E-state index is -3.64. The van der Waals surface area contributed by atoms with Crippen molar-refractivity contribution in [3.05, 3.63) is 48.5 Å². The number of carbonyl (C=O) groups is 2. The van der Waals surface area contributed by atoms with Crippen LogP contribution in [0.2, 0.25) is 0 Å². The van der Waals surface area contributed by atoms with Crippen LogP contribution in [-0.4, -0.2) is 39.1 Å². The van der Waals surface area contributed by atoms with E-state index in [0.717, 1.165) is 0 Å². The minimum Gasteiger partial charge on any atom is -0.497 e. The van der Waals surface area contributed by atoms with Crippen LogP contribution >= 0.6 is 0 Å². The van der Waals surface area contributed by atoms with E-state index in [9.17, 15) is 18.0 Å². The van der Waals surface area contributed by atoms with Gasteiger partial charge in [0.2, 0.25) is 11.8 Å². The molecule has 2 aromatic carbocycles. The molecule has 0 saturated heterocycles. The van der Waals surface area contributed by atoms with Crippen LogP contribution in [0.3, 0.4) is 0 Å². The van der Waals surface area contributed by atoms with Gasteiger partial charge in [0.05, 0.1) is 22.9 Å². The maximum Gasteiger partial charge on any atom is 0.244 e. The van der Waals surface area contributed by atoms with Crippen LogP contribution in [0.4, 0.5) is 11.4 Å². The zero-order chi connectivity index (χ0) is 19.6. The molecular weight excluding hydrogens is 368 g/mol. The first-order valence-electron chi connectivity index (χ1n) is 8.40. The Morgan fingerprint density at radius 1 is 1.22 bits per heavy atom. The van der Waals surface area contributed by atoms with Gasteiger partial charge in [0, 0.05) is 18.2 Å². The lowest BCUT2D eigenvalue weighted by Crippen LogP contribution is -2.38. The van der Waals surface area contributed by atoms with E-state index < -0.39 is 26.9 Å². The minimum absolute atomic E-state index is 0.0672. The van der Waals surface area contributed by atoms with Crippen LogP contribution in [-0.2, 0) is 19.4 Å². The van der Waals surface area contributed by atoms with Gasteiger partial charge in [-0.1, -0.05) is 18.2 Å². The van der Waals surface area contributed by atoms with Gasteiger partial charge in [0.25, 0.3) is 0 Å². The smallest absolute Gasteiger partial charge is 0.244 e. The van der Waals surface area contributed by atoms with Crippen LogP contribution in [0.1, 0.15) is 13.3 Å². The Balaban J connectivity index is 1.88. The summed E-state index contributed by atoms with van der Waals surface area (Å²) in [5.74, 6) is -0.251. The highest BCUT2D eigenvalue weighted by Gasteiger charge is 2.36. The lowest BCUT2D eigenvalue weighted by molar-refractivity contribution is -0.121. The fourth-order valence-corrected chi connectivity index (χ4v) is 4.49. The number of nitrogens with one attached hydrogen (secondary N) is 1. The molecule has 0 radical (unpaired) electrons. The fourth-order valence-electron chi connectivity index (χ4n) is 2.96. The standard InChI is InChI=1S/C19H20N2O5S/c1-13-10-19(23)21(16-8-3-4-9-17(16)27(13,24)25)12-18(22)20-14-6-5-7-15(11-14)26-2/h3-9,11,13H,10,12H2,1-2H3,(H,20,22). The van der Waals surface area contributed by atoms with E-state index in [4.69, 9.17) is 4.74 Å². The van der Waals surface area contributed by atoms with Gasteiger partial charge in [-0.2, -0.15) is 0 Å². The molecular formula is C19H20N2O5S. The monoisotopic (exact) mass is 388 g/mol. The molecule has 2 aromatic rings. The zero-order valence-corrected chi connectivity index (χ0v) is 15.8. The number of sulfone groups is 1. The number of carbonyl (C=O) groups excluding carboxylic acids is 2. The van der Waals surface area contributed by atoms with Gasteiger partial charge in [-0.05, 0) is 31.2 Å². The fraction of sp³-hybridized carbons (Fsp3) is 0.263. The van der Waals surface area contributed by atoms with Gasteiger partial charge in [-0.3, -0.25) is 9.59 Å². The Hall–Kier alpha value is -2.87. The van der Waals surface area contributed by atoms with Crippen LogP contribution in [0, 0.1) is 0 Å². The third kappa shape index (κ3) is 3.80. The number of fused-ring (bicyclic) bond motifs is 1. The number of anilines is 2. The molecule has 8 heteroatoms. The normalized spacial score (nSPS) is 18.4. The third-order valence-electron chi connectivity index (χ3n) is 4.41. The first-order chi connectivity index (χ1) is 12.8. The van der Waals surface area contributed by atoms with Gasteiger partial charge >= 0.3 is 0 Å². The van der Waals surface area contributed by atoms with Crippen LogP contribution < -0.4 is 15.0 Å². The van der Waals surface area contributed by atoms with Gasteiger partial charge in [-0.15, -0.1) is 0 Å². The van der Waals surface area contributed by atoms with E-state index in [-0.39, 0.29) is 23.5 Å². The predicted molar refractivity (Wildman–Crippen MR) is 102 cm³/mol. The van der Waals surface area contributed by atoms with Crippen molar-refractivity contribution >= 4 is 33.0 Å². The maximum absolute atomic E-state index is 12.7. The molecule has 0 aliphatic carbocycles. The summed E-state index contributed by atoms with van der Waals surface area (Å²) in [6.07, 6.45) is -0.177. The number of para-hydroxylation sites is 1. The SMILES string of the molecule is COc1cccc(NC(=O)CN2C(=O)CC(C)S(=O)(=O)c3ccccc32)c1. The second-order valence-corrected chi connectivity index (χ2v) is 8.62. The zero-order valence-electron chi connectivity index (χ0n) is 15.0. The summed E-state index contributed by atoms with van der Waals surface area (Å²) >= 11 is 0. The van der Waals surface area contributed by atoms with Crippen molar-refractivity contribution in [2.75, 3.05) is 23.9 Å². The Kier molecular flexibility index (Phi) is 5.18. The summed E-state index contributed by atoms with van der Waals surface area (Å²) in [6, 6.07) is 13.1. The summed E-state index contributed by atoms with van der Waals surface area (Å²) in [6.45, 7) is 1.22. The van der Waals surface area contributed by atoms with Gasteiger partial charge in [0.15, 0.2) is 9.84 Å². The number of hydrogen-bond acceptors (Lipinski definition) is 5. The number of hydrogen-bond donors (Lipinski definition) is 1. The molecule has 0 fully saturated rings. The number of ether oxygens (including phenoxy) is 1. The Morgan fingerprint density at radius 3 is 2.70 bits per heavy atom. The quantitative estimate of drug-likeness (QED) is 0.867. The molecule has 0 aromatic heterocycles. The van der Waals surface area contributed by atoms with Crippen molar-refractivity contribution in [1.29, 1.82) is 0 Å². The lowest BCUT2D eigenvalue weighted by atomic mass is 10.2. The van der Waals surface area contributed by atoms with E-state index in [2.05, 4.69) is 5.32 Å². The van der Waals surface area contributed by atoms with E-state index in [1.165, 1.54) is 25.0 Å². The molecule has 1 aliphatic heterocycles. The van der Waals surface area contributed by atoms with Crippen LogP contribution in [0.15, 0.2) is 53.4 Å². The van der Waals surface area contributed by atoms with Crippen molar-refractivity contribution in [3.8, 4) is 5.75 Å². The van der Waals surface area contributed by atoms with Crippen molar-refractivity contribution in [2.45, 2.75) is 23.5 Å². The molecule has 1 N–H and O–H groups in total. The Morgan fingerprint density at radius 2 is 1.96 bits per heavy atom. The molecule has 0 saturated carbocycles. The van der Waals surface area contributed by atoms with E-state index >= 15 is 0 Å². The molecule has 0 bridgehead atoms. The van der Waals surface area contributed by atoms with Gasteiger partial charge in [-0.25, -0.2) is 8.42 Å².